The Bertz CT molecular complexity index is 1720. The summed E-state index contributed by atoms with van der Waals surface area (Å²) in [5, 5.41) is 11.8. The largest absolute Gasteiger partial charge is 0.545 e. The zero-order valence-corrected chi connectivity index (χ0v) is 56.0. The van der Waals surface area contributed by atoms with Crippen molar-refractivity contribution >= 4 is 17.9 Å². The first-order valence-corrected chi connectivity index (χ1v) is 35.4. The number of ether oxygens (including phenoxy) is 4. The fourth-order valence-electron chi connectivity index (χ4n) is 9.97. The molecular formula is C76H133NO8. The second kappa shape index (κ2) is 66.2. The molecule has 2 atom stereocenters. The monoisotopic (exact) mass is 1190 g/mol. The minimum absolute atomic E-state index is 0.143. The fraction of sp³-hybridized carbons (Fsp3) is 0.750. The standard InChI is InChI=1S/C76H133NO8/c1-6-8-10-12-14-16-18-20-22-24-26-28-30-32-34-35-36-37-38-39-41-43-45-47-49-51-53-55-57-59-61-63-65-67-74(79)85-72(71-84-76(75(80)81)82-69-68-77(3,4)5)70-83-73(78)66-64-62-60-58-56-54-52-50-48-46-44-42-40-33-31-29-27-25-23-21-19-17-15-13-11-9-7-2/h8,10,14,16,20,22,26,28,32,34,36-37,39,41,45,47,72,76H,6-7,9,11-13,15,17-19,21,23-25,27,29-31,33,35,38,40,42-44,46,48-71H2,1-5H3/b10-8-,16-14-,22-20-,28-26-,34-32-,37-36-,41-39-,47-45-. The maximum absolute atomic E-state index is 12.9. The Labute approximate surface area is 524 Å². The van der Waals surface area contributed by atoms with E-state index in [0.29, 0.717) is 23.9 Å². The van der Waals surface area contributed by atoms with Crippen LogP contribution in [0.1, 0.15) is 309 Å². The van der Waals surface area contributed by atoms with Crippen molar-refractivity contribution < 1.29 is 42.9 Å². The van der Waals surface area contributed by atoms with Gasteiger partial charge in [-0.05, 0) is 77.0 Å². The van der Waals surface area contributed by atoms with Gasteiger partial charge in [-0.15, -0.1) is 0 Å². The van der Waals surface area contributed by atoms with Crippen molar-refractivity contribution in [3.05, 3.63) is 97.2 Å². The van der Waals surface area contributed by atoms with E-state index in [1.807, 2.05) is 21.1 Å². The normalized spacial score (nSPS) is 13.3. The summed E-state index contributed by atoms with van der Waals surface area (Å²) in [6.07, 6.45) is 87.7. The van der Waals surface area contributed by atoms with Crippen LogP contribution in [-0.4, -0.2) is 82.3 Å². The van der Waals surface area contributed by atoms with E-state index in [2.05, 4.69) is 111 Å². The van der Waals surface area contributed by atoms with Crippen molar-refractivity contribution in [3.63, 3.8) is 0 Å². The molecule has 2 unspecified atom stereocenters. The van der Waals surface area contributed by atoms with E-state index in [1.165, 1.54) is 180 Å². The van der Waals surface area contributed by atoms with Crippen molar-refractivity contribution in [2.24, 2.45) is 0 Å². The molecule has 9 nitrogen and oxygen atoms in total. The van der Waals surface area contributed by atoms with Crippen LogP contribution in [0.3, 0.4) is 0 Å². The highest BCUT2D eigenvalue weighted by Gasteiger charge is 2.22. The first-order valence-electron chi connectivity index (χ1n) is 35.4. The lowest BCUT2D eigenvalue weighted by atomic mass is 10.0. The molecule has 0 aromatic heterocycles. The van der Waals surface area contributed by atoms with Crippen molar-refractivity contribution in [1.82, 2.24) is 0 Å². The molecule has 0 fully saturated rings. The quantitative estimate of drug-likeness (QED) is 0.0195. The molecule has 0 aliphatic rings. The number of esters is 2. The SMILES string of the molecule is CC/C=C\C/C=C\C/C=C\C/C=C\C/C=C\C/C=C\C/C=C\C/C=C\CCCCCCCCCCC(=O)OC(COC(=O)CCCCCCCCCCCCCCCCCCCCCCCCCCCCC)COC(OCC[N+](C)(C)C)C(=O)[O-]. The van der Waals surface area contributed by atoms with E-state index in [1.54, 1.807) is 0 Å². The lowest BCUT2D eigenvalue weighted by molar-refractivity contribution is -0.870. The number of likely N-dealkylation sites (N-methyl/N-ethyl adjacent to an activating group) is 1. The minimum atomic E-state index is -1.63. The van der Waals surface area contributed by atoms with Crippen molar-refractivity contribution in [2.45, 2.75) is 322 Å². The second-order valence-electron chi connectivity index (χ2n) is 24.8. The number of hydrogen-bond acceptors (Lipinski definition) is 8. The smallest absolute Gasteiger partial charge is 0.306 e. The number of carboxylic acids is 1. The number of rotatable bonds is 65. The minimum Gasteiger partial charge on any atom is -0.545 e. The average molecular weight is 1190 g/mol. The molecule has 0 saturated heterocycles. The summed E-state index contributed by atoms with van der Waals surface area (Å²) in [5.74, 6) is -2.28. The van der Waals surface area contributed by atoms with Crippen LogP contribution in [-0.2, 0) is 33.3 Å². The van der Waals surface area contributed by atoms with Crippen molar-refractivity contribution in [2.75, 3.05) is 47.5 Å². The third kappa shape index (κ3) is 67.6. The first kappa shape index (κ1) is 81.2. The lowest BCUT2D eigenvalue weighted by Gasteiger charge is -2.26. The maximum Gasteiger partial charge on any atom is 0.306 e. The third-order valence-electron chi connectivity index (χ3n) is 15.3. The van der Waals surface area contributed by atoms with Crippen LogP contribution in [0.15, 0.2) is 97.2 Å². The van der Waals surface area contributed by atoms with Crippen LogP contribution in [0, 0.1) is 0 Å². The molecule has 490 valence electrons. The van der Waals surface area contributed by atoms with E-state index in [0.717, 1.165) is 96.3 Å². The number of aliphatic carboxylic acids is 1. The Hall–Kier alpha value is -3.79. The van der Waals surface area contributed by atoms with Gasteiger partial charge in [0.1, 0.15) is 13.2 Å². The Kier molecular flexibility index (Phi) is 63.2. The van der Waals surface area contributed by atoms with Crippen LogP contribution < -0.4 is 5.11 Å². The molecule has 0 aromatic carbocycles. The van der Waals surface area contributed by atoms with Gasteiger partial charge < -0.3 is 33.3 Å². The summed E-state index contributed by atoms with van der Waals surface area (Å²) in [4.78, 5) is 37.5. The van der Waals surface area contributed by atoms with Gasteiger partial charge in [-0.1, -0.05) is 317 Å². The molecule has 85 heavy (non-hydrogen) atoms. The Morgan fingerprint density at radius 2 is 0.671 bits per heavy atom. The van der Waals surface area contributed by atoms with E-state index in [9.17, 15) is 19.5 Å². The fourth-order valence-corrected chi connectivity index (χ4v) is 9.97. The van der Waals surface area contributed by atoms with Crippen LogP contribution >= 0.6 is 0 Å². The molecule has 0 saturated carbocycles. The molecule has 0 aliphatic carbocycles. The van der Waals surface area contributed by atoms with Crippen molar-refractivity contribution in [3.8, 4) is 0 Å². The Morgan fingerprint density at radius 3 is 1.00 bits per heavy atom. The number of carboxylic acid groups (broad SMARTS) is 1. The molecule has 0 aliphatic heterocycles. The highest BCUT2D eigenvalue weighted by atomic mass is 16.7. The summed E-state index contributed by atoms with van der Waals surface area (Å²) < 4.78 is 22.8. The van der Waals surface area contributed by atoms with E-state index < -0.39 is 24.3 Å². The third-order valence-corrected chi connectivity index (χ3v) is 15.3. The summed E-state index contributed by atoms with van der Waals surface area (Å²) in [7, 11) is 5.93. The molecule has 0 bridgehead atoms. The van der Waals surface area contributed by atoms with Gasteiger partial charge in [0.15, 0.2) is 12.4 Å². The number of quaternary nitrogens is 1. The van der Waals surface area contributed by atoms with E-state index in [4.69, 9.17) is 18.9 Å². The summed E-state index contributed by atoms with van der Waals surface area (Å²) in [6, 6.07) is 0. The van der Waals surface area contributed by atoms with Gasteiger partial charge in [-0.25, -0.2) is 0 Å². The van der Waals surface area contributed by atoms with E-state index >= 15 is 0 Å². The number of carbonyl (C=O) groups is 3. The summed E-state index contributed by atoms with van der Waals surface area (Å²) >= 11 is 0. The summed E-state index contributed by atoms with van der Waals surface area (Å²) in [6.45, 7) is 4.66. The average Bonchev–Trinajstić information content (AvgIpc) is 3.49. The van der Waals surface area contributed by atoms with Gasteiger partial charge in [-0.2, -0.15) is 0 Å². The summed E-state index contributed by atoms with van der Waals surface area (Å²) in [5.41, 5.74) is 0. The van der Waals surface area contributed by atoms with Gasteiger partial charge in [0, 0.05) is 12.8 Å². The number of nitrogens with zero attached hydrogens (tertiary/aromatic N) is 1. The van der Waals surface area contributed by atoms with Gasteiger partial charge in [0.2, 0.25) is 0 Å². The van der Waals surface area contributed by atoms with Crippen molar-refractivity contribution in [1.29, 1.82) is 0 Å². The number of hydrogen-bond donors (Lipinski definition) is 0. The van der Waals surface area contributed by atoms with Gasteiger partial charge in [-0.3, -0.25) is 9.59 Å². The molecule has 0 spiro atoms. The molecule has 9 heteroatoms. The van der Waals surface area contributed by atoms with Crippen LogP contribution in [0.4, 0.5) is 0 Å². The predicted molar refractivity (Wildman–Crippen MR) is 361 cm³/mol. The highest BCUT2D eigenvalue weighted by Crippen LogP contribution is 2.18. The molecule has 0 amide bonds. The molecule has 0 heterocycles. The van der Waals surface area contributed by atoms with Crippen LogP contribution in [0.5, 0.6) is 0 Å². The first-order chi connectivity index (χ1) is 41.6. The molecule has 0 radical (unpaired) electrons. The number of carbonyl (C=O) groups excluding carboxylic acids is 3. The Balaban J connectivity index is 4.15. The van der Waals surface area contributed by atoms with E-state index in [-0.39, 0.29) is 32.2 Å². The highest BCUT2D eigenvalue weighted by molar-refractivity contribution is 5.70. The predicted octanol–water partition coefficient (Wildman–Crippen LogP) is 20.7. The lowest BCUT2D eigenvalue weighted by Crippen LogP contribution is -2.44. The topological polar surface area (TPSA) is 111 Å². The molecule has 0 aromatic rings. The molecule has 0 rings (SSSR count). The Morgan fingerprint density at radius 1 is 0.365 bits per heavy atom. The molecule has 0 N–H and O–H groups in total. The zero-order chi connectivity index (χ0) is 61.9. The molecular weight excluding hydrogens is 1050 g/mol. The number of unbranched alkanes of at least 4 members (excludes halogenated alkanes) is 34. The van der Waals surface area contributed by atoms with Crippen LogP contribution in [0.2, 0.25) is 0 Å². The van der Waals surface area contributed by atoms with Gasteiger partial charge >= 0.3 is 11.9 Å². The van der Waals surface area contributed by atoms with Gasteiger partial charge in [0.05, 0.1) is 40.3 Å². The zero-order valence-electron chi connectivity index (χ0n) is 56.0. The second-order valence-corrected chi connectivity index (χ2v) is 24.8. The van der Waals surface area contributed by atoms with Gasteiger partial charge in [0.25, 0.3) is 0 Å². The number of allylic oxidation sites excluding steroid dienone is 16. The maximum atomic E-state index is 12.9. The van der Waals surface area contributed by atoms with Crippen LogP contribution in [0.25, 0.3) is 0 Å².